The van der Waals surface area contributed by atoms with Gasteiger partial charge in [0.1, 0.15) is 11.8 Å². The summed E-state index contributed by atoms with van der Waals surface area (Å²) in [6, 6.07) is 7.66. The van der Waals surface area contributed by atoms with Crippen molar-refractivity contribution >= 4 is 34.4 Å². The number of hydrogen-bond acceptors (Lipinski definition) is 3. The van der Waals surface area contributed by atoms with E-state index in [0.717, 1.165) is 11.1 Å². The van der Waals surface area contributed by atoms with E-state index in [9.17, 15) is 0 Å². The highest BCUT2D eigenvalue weighted by molar-refractivity contribution is 6.33. The maximum absolute atomic E-state index is 6.13. The lowest BCUT2D eigenvalue weighted by atomic mass is 10.2. The molecule has 3 aromatic rings. The Labute approximate surface area is 113 Å². The average molecular weight is 279 g/mol. The van der Waals surface area contributed by atoms with Crippen LogP contribution in [0.2, 0.25) is 10.2 Å². The highest BCUT2D eigenvalue weighted by Crippen LogP contribution is 2.22. The lowest BCUT2D eigenvalue weighted by Crippen LogP contribution is -1.99. The predicted octanol–water partition coefficient (Wildman–Crippen LogP) is 3.18. The normalized spacial score (nSPS) is 11.0. The summed E-state index contributed by atoms with van der Waals surface area (Å²) in [5, 5.41) is 1.11. The van der Waals surface area contributed by atoms with Gasteiger partial charge in [0.15, 0.2) is 10.8 Å². The van der Waals surface area contributed by atoms with Crippen LogP contribution >= 0.6 is 23.2 Å². The summed E-state index contributed by atoms with van der Waals surface area (Å²) in [6.45, 7) is 0.587. The number of imidazole rings is 1. The summed E-state index contributed by atoms with van der Waals surface area (Å²) in [6.07, 6.45) is 3.09. The lowest BCUT2D eigenvalue weighted by molar-refractivity contribution is 0.823. The Hall–Kier alpha value is -1.65. The molecule has 2 heterocycles. The Balaban J connectivity index is 2.09. The summed E-state index contributed by atoms with van der Waals surface area (Å²) < 4.78 is 1.89. The van der Waals surface area contributed by atoms with E-state index < -0.39 is 0 Å². The van der Waals surface area contributed by atoms with Crippen molar-refractivity contribution in [3.8, 4) is 0 Å². The van der Waals surface area contributed by atoms with Crippen LogP contribution in [-0.2, 0) is 6.54 Å². The van der Waals surface area contributed by atoms with Crippen molar-refractivity contribution in [1.82, 2.24) is 19.5 Å². The Morgan fingerprint density at radius 1 is 1.06 bits per heavy atom. The number of rotatable bonds is 2. The highest BCUT2D eigenvalue weighted by atomic mass is 35.5. The van der Waals surface area contributed by atoms with Crippen LogP contribution in [0.15, 0.2) is 36.9 Å². The smallest absolute Gasteiger partial charge is 0.182 e. The molecule has 0 bridgehead atoms. The molecule has 0 spiro atoms. The van der Waals surface area contributed by atoms with Crippen LogP contribution in [0.4, 0.5) is 0 Å². The third-order valence-electron chi connectivity index (χ3n) is 2.66. The first kappa shape index (κ1) is 11.4. The molecule has 0 aliphatic carbocycles. The van der Waals surface area contributed by atoms with E-state index in [4.69, 9.17) is 23.2 Å². The summed E-state index contributed by atoms with van der Waals surface area (Å²) in [5.74, 6) is 0. The van der Waals surface area contributed by atoms with Gasteiger partial charge in [0.2, 0.25) is 0 Å². The standard InChI is InChI=1S/C12H8Cl2N4/c13-9-4-2-1-3-8(9)5-18-7-17-12-10(18)11(14)15-6-16-12/h1-4,6-7H,5H2. The van der Waals surface area contributed by atoms with E-state index >= 15 is 0 Å². The SMILES string of the molecule is Clc1ccccc1Cn1cnc2ncnc(Cl)c21. The van der Waals surface area contributed by atoms with Crippen LogP contribution in [0.1, 0.15) is 5.56 Å². The minimum atomic E-state index is 0.393. The van der Waals surface area contributed by atoms with Crippen LogP contribution in [0.5, 0.6) is 0 Å². The fraction of sp³-hybridized carbons (Fsp3) is 0.0833. The highest BCUT2D eigenvalue weighted by Gasteiger charge is 2.10. The van der Waals surface area contributed by atoms with E-state index in [-0.39, 0.29) is 0 Å². The molecular weight excluding hydrogens is 271 g/mol. The largest absolute Gasteiger partial charge is 0.322 e. The third-order valence-corrected chi connectivity index (χ3v) is 3.31. The number of aromatic nitrogens is 4. The van der Waals surface area contributed by atoms with Crippen molar-refractivity contribution in [3.63, 3.8) is 0 Å². The molecule has 0 aliphatic heterocycles. The summed E-state index contributed by atoms with van der Waals surface area (Å²) in [7, 11) is 0. The molecule has 0 N–H and O–H groups in total. The van der Waals surface area contributed by atoms with Gasteiger partial charge in [0.25, 0.3) is 0 Å². The second kappa shape index (κ2) is 4.55. The lowest BCUT2D eigenvalue weighted by Gasteiger charge is -2.06. The van der Waals surface area contributed by atoms with E-state index in [0.29, 0.717) is 22.4 Å². The monoisotopic (exact) mass is 278 g/mol. The maximum atomic E-state index is 6.13. The summed E-state index contributed by atoms with van der Waals surface area (Å²) >= 11 is 12.2. The Kier molecular flexibility index (Phi) is 2.89. The number of benzene rings is 1. The van der Waals surface area contributed by atoms with E-state index in [1.807, 2.05) is 28.8 Å². The van der Waals surface area contributed by atoms with Gasteiger partial charge in [-0.3, -0.25) is 0 Å². The zero-order chi connectivity index (χ0) is 12.5. The van der Waals surface area contributed by atoms with Crippen LogP contribution < -0.4 is 0 Å². The molecule has 90 valence electrons. The van der Waals surface area contributed by atoms with Crippen LogP contribution in [0.3, 0.4) is 0 Å². The maximum Gasteiger partial charge on any atom is 0.182 e. The van der Waals surface area contributed by atoms with Gasteiger partial charge in [-0.1, -0.05) is 41.4 Å². The fourth-order valence-electron chi connectivity index (χ4n) is 1.80. The molecule has 1 aromatic carbocycles. The molecule has 0 amide bonds. The molecule has 18 heavy (non-hydrogen) atoms. The molecule has 0 radical (unpaired) electrons. The Morgan fingerprint density at radius 2 is 1.89 bits per heavy atom. The second-order valence-corrected chi connectivity index (χ2v) is 4.57. The van der Waals surface area contributed by atoms with Crippen LogP contribution in [0, 0.1) is 0 Å². The first-order chi connectivity index (χ1) is 8.75. The van der Waals surface area contributed by atoms with E-state index in [2.05, 4.69) is 15.0 Å². The van der Waals surface area contributed by atoms with Gasteiger partial charge < -0.3 is 4.57 Å². The Bertz CT molecular complexity index is 708. The molecule has 6 heteroatoms. The van der Waals surface area contributed by atoms with Crippen molar-refractivity contribution < 1.29 is 0 Å². The number of fused-ring (bicyclic) bond motifs is 1. The van der Waals surface area contributed by atoms with Crippen molar-refractivity contribution in [2.24, 2.45) is 0 Å². The molecule has 3 rings (SSSR count). The molecule has 0 aliphatic rings. The topological polar surface area (TPSA) is 43.6 Å². The van der Waals surface area contributed by atoms with Crippen LogP contribution in [0.25, 0.3) is 11.2 Å². The fourth-order valence-corrected chi connectivity index (χ4v) is 2.23. The van der Waals surface area contributed by atoms with Gasteiger partial charge in [0, 0.05) is 5.02 Å². The minimum absolute atomic E-state index is 0.393. The predicted molar refractivity (Wildman–Crippen MR) is 70.9 cm³/mol. The van der Waals surface area contributed by atoms with E-state index in [1.165, 1.54) is 6.33 Å². The minimum Gasteiger partial charge on any atom is -0.322 e. The van der Waals surface area contributed by atoms with Gasteiger partial charge >= 0.3 is 0 Å². The van der Waals surface area contributed by atoms with Gasteiger partial charge in [-0.05, 0) is 11.6 Å². The number of halogens is 2. The zero-order valence-corrected chi connectivity index (χ0v) is 10.7. The van der Waals surface area contributed by atoms with Gasteiger partial charge in [-0.2, -0.15) is 0 Å². The molecule has 2 aromatic heterocycles. The average Bonchev–Trinajstić information content (AvgIpc) is 2.77. The number of nitrogens with zero attached hydrogens (tertiary/aromatic N) is 4. The molecular formula is C12H8Cl2N4. The second-order valence-electron chi connectivity index (χ2n) is 3.80. The van der Waals surface area contributed by atoms with Gasteiger partial charge in [-0.25, -0.2) is 15.0 Å². The van der Waals surface area contributed by atoms with Crippen LogP contribution in [-0.4, -0.2) is 19.5 Å². The van der Waals surface area contributed by atoms with Gasteiger partial charge in [0.05, 0.1) is 12.9 Å². The van der Waals surface area contributed by atoms with E-state index in [1.54, 1.807) is 6.33 Å². The van der Waals surface area contributed by atoms with Crippen molar-refractivity contribution in [3.05, 3.63) is 52.7 Å². The zero-order valence-electron chi connectivity index (χ0n) is 9.22. The van der Waals surface area contributed by atoms with Gasteiger partial charge in [-0.15, -0.1) is 0 Å². The molecule has 4 nitrogen and oxygen atoms in total. The molecule has 0 unspecified atom stereocenters. The van der Waals surface area contributed by atoms with Crippen molar-refractivity contribution in [1.29, 1.82) is 0 Å². The molecule has 0 saturated carbocycles. The summed E-state index contributed by atoms with van der Waals surface area (Å²) in [5.41, 5.74) is 2.31. The molecule has 0 saturated heterocycles. The summed E-state index contributed by atoms with van der Waals surface area (Å²) in [4.78, 5) is 12.2. The molecule has 0 fully saturated rings. The third kappa shape index (κ3) is 1.94. The quantitative estimate of drug-likeness (QED) is 0.677. The Morgan fingerprint density at radius 3 is 2.72 bits per heavy atom. The molecule has 0 atom stereocenters. The first-order valence-electron chi connectivity index (χ1n) is 5.30. The number of hydrogen-bond donors (Lipinski definition) is 0. The van der Waals surface area contributed by atoms with Crippen molar-refractivity contribution in [2.75, 3.05) is 0 Å². The van der Waals surface area contributed by atoms with Crippen molar-refractivity contribution in [2.45, 2.75) is 6.54 Å². The first-order valence-corrected chi connectivity index (χ1v) is 6.06.